The number of rotatable bonds is 4. The largest absolute Gasteiger partial charge is 0.480 e. The zero-order valence-corrected chi connectivity index (χ0v) is 8.57. The molecule has 0 aliphatic heterocycles. The lowest BCUT2D eigenvalue weighted by Gasteiger charge is -2.18. The van der Waals surface area contributed by atoms with Crippen LogP contribution in [0.25, 0.3) is 0 Å². The van der Waals surface area contributed by atoms with E-state index in [4.69, 9.17) is 5.11 Å². The summed E-state index contributed by atoms with van der Waals surface area (Å²) < 4.78 is 12.5. The number of carboxylic acids is 1. The van der Waals surface area contributed by atoms with Gasteiger partial charge in [-0.15, -0.1) is 0 Å². The molecule has 0 saturated heterocycles. The Morgan fingerprint density at radius 3 is 2.60 bits per heavy atom. The summed E-state index contributed by atoms with van der Waals surface area (Å²) in [5.74, 6) is -1.11. The normalized spacial score (nSPS) is 12.5. The van der Waals surface area contributed by atoms with Crippen LogP contribution < -0.4 is 5.32 Å². The fourth-order valence-corrected chi connectivity index (χ4v) is 1.13. The molecule has 1 rings (SSSR count). The molecule has 1 heterocycles. The number of hydrogen-bond donors (Lipinski definition) is 2. The Hall–Kier alpha value is -1.65. The highest BCUT2D eigenvalue weighted by Gasteiger charge is 2.21. The van der Waals surface area contributed by atoms with E-state index >= 15 is 0 Å². The number of aliphatic carboxylic acids is 1. The molecule has 0 bridgehead atoms. The maximum atomic E-state index is 12.5. The number of aromatic nitrogens is 1. The average Bonchev–Trinajstić information content (AvgIpc) is 2.15. The fraction of sp³-hybridized carbons (Fsp3) is 0.400. The zero-order valence-electron chi connectivity index (χ0n) is 8.57. The highest BCUT2D eigenvalue weighted by atomic mass is 19.1. The van der Waals surface area contributed by atoms with Gasteiger partial charge in [-0.25, -0.2) is 14.2 Å². The molecule has 1 aromatic rings. The van der Waals surface area contributed by atoms with E-state index in [0.717, 1.165) is 6.20 Å². The van der Waals surface area contributed by atoms with Gasteiger partial charge >= 0.3 is 5.97 Å². The van der Waals surface area contributed by atoms with Crippen molar-refractivity contribution in [2.45, 2.75) is 19.9 Å². The van der Waals surface area contributed by atoms with Crippen LogP contribution in [0.15, 0.2) is 18.3 Å². The van der Waals surface area contributed by atoms with Gasteiger partial charge in [0.2, 0.25) is 0 Å². The van der Waals surface area contributed by atoms with Crippen LogP contribution >= 0.6 is 0 Å². The molecule has 5 heteroatoms. The topological polar surface area (TPSA) is 62.2 Å². The van der Waals surface area contributed by atoms with E-state index in [1.54, 1.807) is 13.8 Å². The average molecular weight is 212 g/mol. The number of halogens is 1. The van der Waals surface area contributed by atoms with Gasteiger partial charge in [0.05, 0.1) is 6.20 Å². The molecule has 0 unspecified atom stereocenters. The van der Waals surface area contributed by atoms with Gasteiger partial charge < -0.3 is 10.4 Å². The molecule has 0 spiro atoms. The number of carboxylic acid groups (broad SMARTS) is 1. The van der Waals surface area contributed by atoms with E-state index in [9.17, 15) is 9.18 Å². The van der Waals surface area contributed by atoms with Gasteiger partial charge in [-0.3, -0.25) is 0 Å². The summed E-state index contributed by atoms with van der Waals surface area (Å²) in [6.07, 6.45) is 1.04. The fourth-order valence-electron chi connectivity index (χ4n) is 1.13. The monoisotopic (exact) mass is 212 g/mol. The third-order valence-electron chi connectivity index (χ3n) is 1.96. The molecule has 0 amide bonds. The second-order valence-electron chi connectivity index (χ2n) is 3.57. The van der Waals surface area contributed by atoms with Crippen LogP contribution in [0.3, 0.4) is 0 Å². The van der Waals surface area contributed by atoms with Crippen LogP contribution in [-0.2, 0) is 4.79 Å². The van der Waals surface area contributed by atoms with Gasteiger partial charge in [-0.05, 0) is 18.1 Å². The van der Waals surface area contributed by atoms with E-state index in [1.807, 2.05) is 0 Å². The lowest BCUT2D eigenvalue weighted by Crippen LogP contribution is -2.34. The van der Waals surface area contributed by atoms with Crippen molar-refractivity contribution in [3.63, 3.8) is 0 Å². The molecule has 15 heavy (non-hydrogen) atoms. The van der Waals surface area contributed by atoms with E-state index in [1.165, 1.54) is 12.1 Å². The van der Waals surface area contributed by atoms with Gasteiger partial charge in [0, 0.05) is 0 Å². The quantitative estimate of drug-likeness (QED) is 0.798. The molecular formula is C10H13FN2O2. The molecule has 0 radical (unpaired) electrons. The standard InChI is InChI=1S/C10H13FN2O2/c1-6(2)9(10(14)15)13-8-4-3-7(11)5-12-8/h3-6,9H,1-2H3,(H,12,13)(H,14,15)/t9-/m1/s1. The van der Waals surface area contributed by atoms with Crippen molar-refractivity contribution in [1.29, 1.82) is 0 Å². The maximum absolute atomic E-state index is 12.5. The summed E-state index contributed by atoms with van der Waals surface area (Å²) in [5, 5.41) is 11.6. The maximum Gasteiger partial charge on any atom is 0.326 e. The predicted molar refractivity (Wildman–Crippen MR) is 54.1 cm³/mol. The minimum atomic E-state index is -0.948. The highest BCUT2D eigenvalue weighted by molar-refractivity contribution is 5.77. The minimum absolute atomic E-state index is 0.0747. The Kier molecular flexibility index (Phi) is 3.60. The van der Waals surface area contributed by atoms with Crippen LogP contribution in [0.2, 0.25) is 0 Å². The van der Waals surface area contributed by atoms with E-state index in [2.05, 4.69) is 10.3 Å². The first kappa shape index (κ1) is 11.4. The molecule has 0 aliphatic carbocycles. The van der Waals surface area contributed by atoms with E-state index in [0.29, 0.717) is 5.82 Å². The smallest absolute Gasteiger partial charge is 0.326 e. The third kappa shape index (κ3) is 3.19. The number of nitrogens with zero attached hydrogens (tertiary/aromatic N) is 1. The first-order chi connectivity index (χ1) is 7.00. The summed E-state index contributed by atoms with van der Waals surface area (Å²) in [7, 11) is 0. The summed E-state index contributed by atoms with van der Waals surface area (Å²) >= 11 is 0. The zero-order chi connectivity index (χ0) is 11.4. The highest BCUT2D eigenvalue weighted by Crippen LogP contribution is 2.10. The van der Waals surface area contributed by atoms with Crippen LogP contribution in [0, 0.1) is 11.7 Å². The molecule has 0 saturated carbocycles. The van der Waals surface area contributed by atoms with Gasteiger partial charge in [0.25, 0.3) is 0 Å². The molecule has 4 nitrogen and oxygen atoms in total. The second kappa shape index (κ2) is 4.72. The third-order valence-corrected chi connectivity index (χ3v) is 1.96. The number of hydrogen-bond acceptors (Lipinski definition) is 3. The molecule has 0 fully saturated rings. The Morgan fingerprint density at radius 1 is 1.53 bits per heavy atom. The Labute approximate surface area is 87.1 Å². The molecule has 1 aromatic heterocycles. The van der Waals surface area contributed by atoms with Gasteiger partial charge in [-0.1, -0.05) is 13.8 Å². The first-order valence-corrected chi connectivity index (χ1v) is 4.61. The van der Waals surface area contributed by atoms with Crippen LogP contribution in [0.4, 0.5) is 10.2 Å². The van der Waals surface area contributed by atoms with Crippen molar-refractivity contribution < 1.29 is 14.3 Å². The van der Waals surface area contributed by atoms with Crippen LogP contribution in [0.5, 0.6) is 0 Å². The van der Waals surface area contributed by atoms with Gasteiger partial charge in [0.15, 0.2) is 0 Å². The first-order valence-electron chi connectivity index (χ1n) is 4.61. The molecular weight excluding hydrogens is 199 g/mol. The van der Waals surface area contributed by atoms with Crippen molar-refractivity contribution in [3.05, 3.63) is 24.1 Å². The lowest BCUT2D eigenvalue weighted by molar-refractivity contribution is -0.138. The van der Waals surface area contributed by atoms with Crippen molar-refractivity contribution in [2.75, 3.05) is 5.32 Å². The molecule has 0 aliphatic rings. The summed E-state index contributed by atoms with van der Waals surface area (Å²) in [6, 6.07) is 1.92. The van der Waals surface area contributed by atoms with Crippen molar-refractivity contribution in [2.24, 2.45) is 5.92 Å². The van der Waals surface area contributed by atoms with Crippen molar-refractivity contribution in [3.8, 4) is 0 Å². The lowest BCUT2D eigenvalue weighted by atomic mass is 10.1. The van der Waals surface area contributed by atoms with Crippen molar-refractivity contribution >= 4 is 11.8 Å². The predicted octanol–water partition coefficient (Wildman–Crippen LogP) is 1.74. The van der Waals surface area contributed by atoms with Gasteiger partial charge in [-0.2, -0.15) is 0 Å². The Bertz CT molecular complexity index is 338. The molecule has 2 N–H and O–H groups in total. The molecule has 1 atom stereocenters. The molecule has 0 aromatic carbocycles. The Morgan fingerprint density at radius 2 is 2.20 bits per heavy atom. The number of nitrogens with one attached hydrogen (secondary N) is 1. The Balaban J connectivity index is 2.74. The summed E-state index contributed by atoms with van der Waals surface area (Å²) in [4.78, 5) is 14.6. The van der Waals surface area contributed by atoms with Crippen molar-refractivity contribution in [1.82, 2.24) is 4.98 Å². The molecule has 82 valence electrons. The van der Waals surface area contributed by atoms with E-state index in [-0.39, 0.29) is 5.92 Å². The van der Waals surface area contributed by atoms with Crippen LogP contribution in [0.1, 0.15) is 13.8 Å². The number of anilines is 1. The summed E-state index contributed by atoms with van der Waals surface area (Å²) in [5.41, 5.74) is 0. The minimum Gasteiger partial charge on any atom is -0.480 e. The number of pyridine rings is 1. The number of carbonyl (C=O) groups is 1. The summed E-state index contributed by atoms with van der Waals surface area (Å²) in [6.45, 7) is 3.57. The van der Waals surface area contributed by atoms with E-state index < -0.39 is 17.8 Å². The SMILES string of the molecule is CC(C)[C@@H](Nc1ccc(F)cn1)C(=O)O. The van der Waals surface area contributed by atoms with Gasteiger partial charge in [0.1, 0.15) is 17.7 Å². The van der Waals surface area contributed by atoms with Crippen LogP contribution in [-0.4, -0.2) is 22.1 Å². The second-order valence-corrected chi connectivity index (χ2v) is 3.57.